The van der Waals surface area contributed by atoms with Crippen molar-refractivity contribution in [3.8, 4) is 0 Å². The summed E-state index contributed by atoms with van der Waals surface area (Å²) in [6, 6.07) is 7.91. The summed E-state index contributed by atoms with van der Waals surface area (Å²) >= 11 is 0. The van der Waals surface area contributed by atoms with Crippen LogP contribution >= 0.6 is 0 Å². The van der Waals surface area contributed by atoms with Gasteiger partial charge in [0.15, 0.2) is 5.96 Å². The van der Waals surface area contributed by atoms with E-state index in [0.717, 1.165) is 69.2 Å². The minimum Gasteiger partial charge on any atom is -0.357 e. The molecule has 1 aromatic carbocycles. The molecule has 1 aromatic rings. The number of anilines is 1. The van der Waals surface area contributed by atoms with Gasteiger partial charge in [-0.25, -0.2) is 4.99 Å². The molecule has 0 atom stereocenters. The van der Waals surface area contributed by atoms with Gasteiger partial charge in [-0.1, -0.05) is 18.6 Å². The summed E-state index contributed by atoms with van der Waals surface area (Å²) in [7, 11) is 0. The van der Waals surface area contributed by atoms with E-state index < -0.39 is 0 Å². The van der Waals surface area contributed by atoms with Crippen molar-refractivity contribution in [1.29, 1.82) is 0 Å². The molecule has 1 saturated carbocycles. The van der Waals surface area contributed by atoms with Crippen molar-refractivity contribution < 1.29 is 9.59 Å². The minimum atomic E-state index is 0.127. The number of hydrogen-bond acceptors (Lipinski definition) is 3. The highest BCUT2D eigenvalue weighted by molar-refractivity contribution is 5.93. The van der Waals surface area contributed by atoms with Gasteiger partial charge in [0, 0.05) is 51.3 Å². The summed E-state index contributed by atoms with van der Waals surface area (Å²) in [5, 5.41) is 6.37. The highest BCUT2D eigenvalue weighted by atomic mass is 16.2. The van der Waals surface area contributed by atoms with E-state index in [1.807, 2.05) is 29.2 Å². The number of hydrogen-bond donors (Lipinski definition) is 2. The molecular formula is C21H31N5O2. The van der Waals surface area contributed by atoms with Crippen LogP contribution in [0.15, 0.2) is 29.3 Å². The highest BCUT2D eigenvalue weighted by Gasteiger charge is 2.25. The molecule has 1 heterocycles. The number of amides is 2. The standard InChI is InChI=1S/C21H31N5O2/c1-3-22-21(26-12-10-25(11-13-26)16(2)27)23-15-17-6-4-9-19(14-17)24-20(28)18-7-5-8-18/h4,6,9,14,18H,3,5,7-8,10-13,15H2,1-2H3,(H,22,23)(H,24,28). The van der Waals surface area contributed by atoms with E-state index in [4.69, 9.17) is 4.99 Å². The van der Waals surface area contributed by atoms with Crippen molar-refractivity contribution in [2.24, 2.45) is 10.9 Å². The van der Waals surface area contributed by atoms with Crippen molar-refractivity contribution in [1.82, 2.24) is 15.1 Å². The van der Waals surface area contributed by atoms with Gasteiger partial charge in [-0.2, -0.15) is 0 Å². The van der Waals surface area contributed by atoms with Crippen molar-refractivity contribution in [3.63, 3.8) is 0 Å². The van der Waals surface area contributed by atoms with Crippen LogP contribution in [0.3, 0.4) is 0 Å². The van der Waals surface area contributed by atoms with Crippen molar-refractivity contribution in [3.05, 3.63) is 29.8 Å². The first kappa shape index (κ1) is 20.2. The summed E-state index contributed by atoms with van der Waals surface area (Å²) in [6.45, 7) is 8.02. The lowest BCUT2D eigenvalue weighted by Gasteiger charge is -2.36. The Balaban J connectivity index is 1.60. The van der Waals surface area contributed by atoms with Crippen LogP contribution < -0.4 is 10.6 Å². The second-order valence-corrected chi connectivity index (χ2v) is 7.48. The fourth-order valence-electron chi connectivity index (χ4n) is 3.49. The molecule has 1 aliphatic carbocycles. The van der Waals surface area contributed by atoms with Crippen LogP contribution in [-0.4, -0.2) is 60.3 Å². The summed E-state index contributed by atoms with van der Waals surface area (Å²) in [5.74, 6) is 1.30. The summed E-state index contributed by atoms with van der Waals surface area (Å²) in [5.41, 5.74) is 1.90. The second-order valence-electron chi connectivity index (χ2n) is 7.48. The molecule has 3 rings (SSSR count). The molecule has 2 amide bonds. The third-order valence-electron chi connectivity index (χ3n) is 5.44. The number of piperazine rings is 1. The van der Waals surface area contributed by atoms with Crippen LogP contribution in [0, 0.1) is 5.92 Å². The van der Waals surface area contributed by atoms with E-state index in [1.165, 1.54) is 0 Å². The van der Waals surface area contributed by atoms with Gasteiger partial charge in [0.25, 0.3) is 0 Å². The Hall–Kier alpha value is -2.57. The second kappa shape index (κ2) is 9.57. The number of nitrogens with one attached hydrogen (secondary N) is 2. The van der Waals surface area contributed by atoms with Gasteiger partial charge in [-0.05, 0) is 37.5 Å². The first-order valence-corrected chi connectivity index (χ1v) is 10.3. The maximum Gasteiger partial charge on any atom is 0.227 e. The largest absolute Gasteiger partial charge is 0.357 e. The molecule has 28 heavy (non-hydrogen) atoms. The lowest BCUT2D eigenvalue weighted by atomic mass is 9.85. The number of carbonyl (C=O) groups is 2. The number of rotatable bonds is 5. The van der Waals surface area contributed by atoms with Crippen LogP contribution in [0.25, 0.3) is 0 Å². The van der Waals surface area contributed by atoms with Crippen LogP contribution in [0.2, 0.25) is 0 Å². The summed E-state index contributed by atoms with van der Waals surface area (Å²) < 4.78 is 0. The van der Waals surface area contributed by atoms with Gasteiger partial charge in [-0.15, -0.1) is 0 Å². The van der Waals surface area contributed by atoms with Gasteiger partial charge < -0.3 is 20.4 Å². The normalized spacial score (nSPS) is 17.9. The Kier molecular flexibility index (Phi) is 6.90. The predicted octanol–water partition coefficient (Wildman–Crippen LogP) is 2.05. The SMILES string of the molecule is CCNC(=NCc1cccc(NC(=O)C2CCC2)c1)N1CCN(C(C)=O)CC1. The molecule has 152 valence electrons. The van der Waals surface area contributed by atoms with E-state index in [1.54, 1.807) is 6.92 Å². The molecule has 7 heteroatoms. The van der Waals surface area contributed by atoms with Gasteiger partial charge in [0.05, 0.1) is 6.54 Å². The zero-order valence-corrected chi connectivity index (χ0v) is 16.9. The van der Waals surface area contributed by atoms with E-state index in [-0.39, 0.29) is 17.7 Å². The average molecular weight is 386 g/mol. The number of benzene rings is 1. The van der Waals surface area contributed by atoms with Crippen LogP contribution in [-0.2, 0) is 16.1 Å². The number of carbonyl (C=O) groups excluding carboxylic acids is 2. The van der Waals surface area contributed by atoms with E-state index in [9.17, 15) is 9.59 Å². The van der Waals surface area contributed by atoms with Gasteiger partial charge in [0.1, 0.15) is 0 Å². The van der Waals surface area contributed by atoms with Crippen LogP contribution in [0.4, 0.5) is 5.69 Å². The predicted molar refractivity (Wildman–Crippen MR) is 111 cm³/mol. The molecule has 1 saturated heterocycles. The lowest BCUT2D eigenvalue weighted by molar-refractivity contribution is -0.130. The molecule has 2 aliphatic rings. The van der Waals surface area contributed by atoms with Crippen LogP contribution in [0.1, 0.15) is 38.7 Å². The van der Waals surface area contributed by atoms with Crippen LogP contribution in [0.5, 0.6) is 0 Å². The smallest absolute Gasteiger partial charge is 0.227 e. The third kappa shape index (κ3) is 5.24. The zero-order valence-electron chi connectivity index (χ0n) is 16.9. The molecular weight excluding hydrogens is 354 g/mol. The molecule has 2 N–H and O–H groups in total. The summed E-state index contributed by atoms with van der Waals surface area (Å²) in [4.78, 5) is 32.5. The molecule has 0 radical (unpaired) electrons. The minimum absolute atomic E-state index is 0.127. The molecule has 1 aliphatic heterocycles. The maximum absolute atomic E-state index is 12.2. The Morgan fingerprint density at radius 2 is 1.86 bits per heavy atom. The topological polar surface area (TPSA) is 77.0 Å². The van der Waals surface area contributed by atoms with E-state index in [2.05, 4.69) is 22.5 Å². The Labute approximate surface area is 167 Å². The maximum atomic E-state index is 12.2. The fraction of sp³-hybridized carbons (Fsp3) is 0.571. The van der Waals surface area contributed by atoms with Crippen molar-refractivity contribution in [2.45, 2.75) is 39.7 Å². The molecule has 0 unspecified atom stereocenters. The number of aliphatic imine (C=N–C) groups is 1. The molecule has 0 spiro atoms. The molecule has 0 aromatic heterocycles. The van der Waals surface area contributed by atoms with Gasteiger partial charge in [0.2, 0.25) is 11.8 Å². The van der Waals surface area contributed by atoms with Crippen molar-refractivity contribution in [2.75, 3.05) is 38.0 Å². The number of guanidine groups is 1. The van der Waals surface area contributed by atoms with E-state index in [0.29, 0.717) is 6.54 Å². The molecule has 0 bridgehead atoms. The molecule has 7 nitrogen and oxygen atoms in total. The Morgan fingerprint density at radius 3 is 2.46 bits per heavy atom. The van der Waals surface area contributed by atoms with Gasteiger partial charge >= 0.3 is 0 Å². The quantitative estimate of drug-likeness (QED) is 0.601. The van der Waals surface area contributed by atoms with Crippen molar-refractivity contribution >= 4 is 23.5 Å². The monoisotopic (exact) mass is 385 g/mol. The first-order chi connectivity index (χ1) is 13.6. The zero-order chi connectivity index (χ0) is 19.9. The summed E-state index contributed by atoms with van der Waals surface area (Å²) in [6.07, 6.45) is 3.15. The fourth-order valence-corrected chi connectivity index (χ4v) is 3.49. The third-order valence-corrected chi connectivity index (χ3v) is 5.44. The average Bonchev–Trinajstić information content (AvgIpc) is 2.64. The lowest BCUT2D eigenvalue weighted by Crippen LogP contribution is -2.53. The molecule has 2 fully saturated rings. The Morgan fingerprint density at radius 1 is 1.14 bits per heavy atom. The highest BCUT2D eigenvalue weighted by Crippen LogP contribution is 2.27. The van der Waals surface area contributed by atoms with Gasteiger partial charge in [-0.3, -0.25) is 9.59 Å². The number of nitrogens with zero attached hydrogens (tertiary/aromatic N) is 3. The first-order valence-electron chi connectivity index (χ1n) is 10.3. The Bertz CT molecular complexity index is 721. The van der Waals surface area contributed by atoms with E-state index >= 15 is 0 Å².